The van der Waals surface area contributed by atoms with Gasteiger partial charge in [-0.1, -0.05) is 18.8 Å². The van der Waals surface area contributed by atoms with Gasteiger partial charge in [0.15, 0.2) is 0 Å². The number of hydrogen-bond donors (Lipinski definition) is 2. The Balaban J connectivity index is 3.05. The predicted molar refractivity (Wildman–Crippen MR) is 69.6 cm³/mol. The number of nitrogens with one attached hydrogen (secondary N) is 1. The second-order valence-electron chi connectivity index (χ2n) is 3.98. The minimum absolute atomic E-state index is 0.0380. The summed E-state index contributed by atoms with van der Waals surface area (Å²) in [7, 11) is 0. The molecule has 0 aliphatic carbocycles. The van der Waals surface area contributed by atoms with Gasteiger partial charge in [0.05, 0.1) is 12.1 Å². The number of hydrogen-bond acceptors (Lipinski definition) is 2. The van der Waals surface area contributed by atoms with Crippen LogP contribution in [0.15, 0.2) is 18.2 Å². The highest BCUT2D eigenvalue weighted by molar-refractivity contribution is 5.96. The summed E-state index contributed by atoms with van der Waals surface area (Å²) in [5, 5.41) is 2.79. The first kappa shape index (κ1) is 14.2. The SMILES string of the molecule is CCC(C)NC(=O)c1cc(F)ccc1C#CCN. The Hall–Kier alpha value is -1.86. The van der Waals surface area contributed by atoms with Gasteiger partial charge in [0, 0.05) is 11.6 Å². The molecule has 18 heavy (non-hydrogen) atoms. The minimum atomic E-state index is -0.456. The first-order valence-electron chi connectivity index (χ1n) is 5.87. The van der Waals surface area contributed by atoms with Gasteiger partial charge in [-0.05, 0) is 31.5 Å². The average Bonchev–Trinajstić information content (AvgIpc) is 2.36. The van der Waals surface area contributed by atoms with E-state index in [-0.39, 0.29) is 24.1 Å². The van der Waals surface area contributed by atoms with E-state index in [0.29, 0.717) is 5.56 Å². The smallest absolute Gasteiger partial charge is 0.252 e. The van der Waals surface area contributed by atoms with Crippen LogP contribution in [0.3, 0.4) is 0 Å². The third-order valence-corrected chi connectivity index (χ3v) is 2.54. The van der Waals surface area contributed by atoms with E-state index >= 15 is 0 Å². The molecule has 0 aliphatic rings. The van der Waals surface area contributed by atoms with Crippen LogP contribution in [0.25, 0.3) is 0 Å². The molecule has 0 aliphatic heterocycles. The minimum Gasteiger partial charge on any atom is -0.350 e. The number of halogens is 1. The molecule has 0 saturated heterocycles. The predicted octanol–water partition coefficient (Wildman–Crippen LogP) is 1.66. The molecule has 3 N–H and O–H groups in total. The van der Waals surface area contributed by atoms with Crippen LogP contribution in [-0.2, 0) is 0 Å². The maximum atomic E-state index is 13.2. The molecule has 1 unspecified atom stereocenters. The lowest BCUT2D eigenvalue weighted by atomic mass is 10.1. The van der Waals surface area contributed by atoms with Crippen molar-refractivity contribution in [3.8, 4) is 11.8 Å². The topological polar surface area (TPSA) is 55.1 Å². The van der Waals surface area contributed by atoms with Gasteiger partial charge in [-0.3, -0.25) is 4.79 Å². The molecular weight excluding hydrogens is 231 g/mol. The Morgan fingerprint density at radius 2 is 2.28 bits per heavy atom. The van der Waals surface area contributed by atoms with Crippen LogP contribution in [0.5, 0.6) is 0 Å². The number of rotatable bonds is 3. The van der Waals surface area contributed by atoms with Crippen LogP contribution in [0.2, 0.25) is 0 Å². The van der Waals surface area contributed by atoms with Crippen molar-refractivity contribution in [3.05, 3.63) is 35.1 Å². The maximum Gasteiger partial charge on any atom is 0.252 e. The average molecular weight is 248 g/mol. The van der Waals surface area contributed by atoms with Crippen molar-refractivity contribution in [2.24, 2.45) is 5.73 Å². The molecule has 1 atom stereocenters. The Bertz CT molecular complexity index is 488. The monoisotopic (exact) mass is 248 g/mol. The zero-order valence-corrected chi connectivity index (χ0v) is 10.6. The first-order valence-corrected chi connectivity index (χ1v) is 5.87. The van der Waals surface area contributed by atoms with Gasteiger partial charge >= 0.3 is 0 Å². The fourth-order valence-electron chi connectivity index (χ4n) is 1.36. The molecule has 0 bridgehead atoms. The highest BCUT2D eigenvalue weighted by Gasteiger charge is 2.13. The lowest BCUT2D eigenvalue weighted by Gasteiger charge is -2.12. The zero-order valence-electron chi connectivity index (χ0n) is 10.6. The summed E-state index contributed by atoms with van der Waals surface area (Å²) in [6, 6.07) is 4.00. The summed E-state index contributed by atoms with van der Waals surface area (Å²) in [5.74, 6) is 4.66. The molecule has 0 heterocycles. The number of nitrogens with two attached hydrogens (primary N) is 1. The van der Waals surface area contributed by atoms with Crippen LogP contribution in [0, 0.1) is 17.7 Å². The van der Waals surface area contributed by atoms with Crippen molar-refractivity contribution in [1.29, 1.82) is 0 Å². The van der Waals surface area contributed by atoms with Crippen LogP contribution in [0.1, 0.15) is 36.2 Å². The Labute approximate surface area is 107 Å². The van der Waals surface area contributed by atoms with E-state index in [1.165, 1.54) is 18.2 Å². The van der Waals surface area contributed by atoms with E-state index in [1.54, 1.807) is 0 Å². The van der Waals surface area contributed by atoms with Crippen molar-refractivity contribution in [1.82, 2.24) is 5.32 Å². The summed E-state index contributed by atoms with van der Waals surface area (Å²) in [6.45, 7) is 4.05. The van der Waals surface area contributed by atoms with Crippen molar-refractivity contribution in [2.75, 3.05) is 6.54 Å². The van der Waals surface area contributed by atoms with Crippen molar-refractivity contribution in [2.45, 2.75) is 26.3 Å². The molecule has 0 saturated carbocycles. The third kappa shape index (κ3) is 3.86. The molecule has 1 aromatic carbocycles. The molecule has 3 nitrogen and oxygen atoms in total. The molecule has 0 aromatic heterocycles. The number of benzene rings is 1. The first-order chi connectivity index (χ1) is 8.58. The summed E-state index contributed by atoms with van der Waals surface area (Å²) < 4.78 is 13.2. The van der Waals surface area contributed by atoms with Crippen LogP contribution >= 0.6 is 0 Å². The molecular formula is C14H17FN2O. The van der Waals surface area contributed by atoms with E-state index in [4.69, 9.17) is 5.73 Å². The van der Waals surface area contributed by atoms with Gasteiger partial charge < -0.3 is 11.1 Å². The largest absolute Gasteiger partial charge is 0.350 e. The van der Waals surface area contributed by atoms with E-state index in [0.717, 1.165) is 6.42 Å². The fourth-order valence-corrected chi connectivity index (χ4v) is 1.36. The normalized spacial score (nSPS) is 11.3. The van der Waals surface area contributed by atoms with Crippen molar-refractivity contribution in [3.63, 3.8) is 0 Å². The molecule has 4 heteroatoms. The lowest BCUT2D eigenvalue weighted by Crippen LogP contribution is -2.32. The zero-order chi connectivity index (χ0) is 13.5. The highest BCUT2D eigenvalue weighted by atomic mass is 19.1. The fraction of sp³-hybridized carbons (Fsp3) is 0.357. The quantitative estimate of drug-likeness (QED) is 0.799. The van der Waals surface area contributed by atoms with Crippen LogP contribution < -0.4 is 11.1 Å². The molecule has 0 spiro atoms. The van der Waals surface area contributed by atoms with Gasteiger partial charge in [0.1, 0.15) is 5.82 Å². The van der Waals surface area contributed by atoms with Gasteiger partial charge in [-0.25, -0.2) is 4.39 Å². The second-order valence-corrected chi connectivity index (χ2v) is 3.98. The number of carbonyl (C=O) groups excluding carboxylic acids is 1. The van der Waals surface area contributed by atoms with Gasteiger partial charge in [-0.2, -0.15) is 0 Å². The number of carbonyl (C=O) groups is 1. The standard InChI is InChI=1S/C14H17FN2O/c1-3-10(2)17-14(18)13-9-12(15)7-6-11(13)5-4-8-16/h6-7,9-10H,3,8,16H2,1-2H3,(H,17,18). The number of amides is 1. The van der Waals surface area contributed by atoms with E-state index in [1.807, 2.05) is 13.8 Å². The summed E-state index contributed by atoms with van der Waals surface area (Å²) in [6.07, 6.45) is 0.810. The van der Waals surface area contributed by atoms with E-state index in [9.17, 15) is 9.18 Å². The van der Waals surface area contributed by atoms with Crippen LogP contribution in [0.4, 0.5) is 4.39 Å². The summed E-state index contributed by atoms with van der Waals surface area (Å²) in [5.41, 5.74) is 6.02. The Morgan fingerprint density at radius 3 is 2.89 bits per heavy atom. The van der Waals surface area contributed by atoms with Crippen molar-refractivity contribution >= 4 is 5.91 Å². The Kier molecular flexibility index (Phi) is 5.34. The third-order valence-electron chi connectivity index (χ3n) is 2.54. The van der Waals surface area contributed by atoms with E-state index < -0.39 is 5.82 Å². The Morgan fingerprint density at radius 1 is 1.56 bits per heavy atom. The summed E-state index contributed by atoms with van der Waals surface area (Å²) in [4.78, 5) is 12.0. The van der Waals surface area contributed by atoms with Crippen LogP contribution in [-0.4, -0.2) is 18.5 Å². The van der Waals surface area contributed by atoms with Gasteiger partial charge in [0.2, 0.25) is 0 Å². The summed E-state index contributed by atoms with van der Waals surface area (Å²) >= 11 is 0. The highest BCUT2D eigenvalue weighted by Crippen LogP contribution is 2.11. The molecule has 0 fully saturated rings. The van der Waals surface area contributed by atoms with Crippen molar-refractivity contribution < 1.29 is 9.18 Å². The van der Waals surface area contributed by atoms with Gasteiger partial charge in [-0.15, -0.1) is 0 Å². The molecule has 1 amide bonds. The maximum absolute atomic E-state index is 13.2. The van der Waals surface area contributed by atoms with Gasteiger partial charge in [0.25, 0.3) is 5.91 Å². The molecule has 96 valence electrons. The van der Waals surface area contributed by atoms with E-state index in [2.05, 4.69) is 17.2 Å². The second kappa shape index (κ2) is 6.77. The molecule has 1 aromatic rings. The lowest BCUT2D eigenvalue weighted by molar-refractivity contribution is 0.0938. The molecule has 1 rings (SSSR count). The molecule has 0 radical (unpaired) electrons.